The van der Waals surface area contributed by atoms with Crippen LogP contribution in [0.25, 0.3) is 0 Å². The molecule has 20 heavy (non-hydrogen) atoms. The van der Waals surface area contributed by atoms with E-state index in [1.54, 1.807) is 30.1 Å². The van der Waals surface area contributed by atoms with Crippen LogP contribution in [0.3, 0.4) is 0 Å². The lowest BCUT2D eigenvalue weighted by Crippen LogP contribution is -2.18. The number of carboxylic acid groups (broad SMARTS) is 1. The second-order valence-electron chi connectivity index (χ2n) is 4.56. The Kier molecular flexibility index (Phi) is 3.89. The molecule has 0 saturated heterocycles. The third-order valence-corrected chi connectivity index (χ3v) is 3.00. The summed E-state index contributed by atoms with van der Waals surface area (Å²) in [5, 5.41) is 9.00. The Labute approximate surface area is 116 Å². The van der Waals surface area contributed by atoms with Crippen molar-refractivity contribution in [1.82, 2.24) is 0 Å². The molecule has 2 rings (SSSR count). The van der Waals surface area contributed by atoms with Crippen molar-refractivity contribution in [2.75, 3.05) is 17.7 Å². The number of hydrogen-bond donors (Lipinski definition) is 2. The first-order valence-corrected chi connectivity index (χ1v) is 6.06. The van der Waals surface area contributed by atoms with Crippen molar-refractivity contribution in [1.29, 1.82) is 0 Å². The first-order chi connectivity index (χ1) is 9.47. The van der Waals surface area contributed by atoms with Crippen molar-refractivity contribution in [3.63, 3.8) is 0 Å². The fraction of sp³-hybridized carbons (Fsp3) is 0.133. The van der Waals surface area contributed by atoms with E-state index in [1.807, 2.05) is 0 Å². The predicted molar refractivity (Wildman–Crippen MR) is 76.3 cm³/mol. The van der Waals surface area contributed by atoms with Gasteiger partial charge in [0.05, 0.1) is 16.9 Å². The Bertz CT molecular complexity index is 644. The molecule has 0 aliphatic rings. The van der Waals surface area contributed by atoms with Crippen LogP contribution in [-0.4, -0.2) is 18.1 Å². The number of nitrogen functional groups attached to an aromatic ring is 1. The summed E-state index contributed by atoms with van der Waals surface area (Å²) in [5.41, 5.74) is 7.90. The van der Waals surface area contributed by atoms with Gasteiger partial charge in [-0.2, -0.15) is 0 Å². The molecule has 0 unspecified atom stereocenters. The number of carbonyl (C=O) groups is 1. The van der Waals surface area contributed by atoms with Gasteiger partial charge in [0.1, 0.15) is 5.82 Å². The molecule has 104 valence electrons. The number of anilines is 2. The highest BCUT2D eigenvalue weighted by atomic mass is 19.1. The Balaban J connectivity index is 2.26. The third-order valence-electron chi connectivity index (χ3n) is 3.00. The molecule has 0 saturated carbocycles. The van der Waals surface area contributed by atoms with Crippen LogP contribution in [0.1, 0.15) is 15.9 Å². The summed E-state index contributed by atoms with van der Waals surface area (Å²) < 4.78 is 13.1. The zero-order chi connectivity index (χ0) is 14.7. The molecule has 0 amide bonds. The topological polar surface area (TPSA) is 66.6 Å². The molecule has 4 nitrogen and oxygen atoms in total. The molecule has 2 aromatic carbocycles. The van der Waals surface area contributed by atoms with Gasteiger partial charge in [-0.1, -0.05) is 12.1 Å². The number of carboxylic acids is 1. The molecule has 0 radical (unpaired) electrons. The second kappa shape index (κ2) is 5.61. The predicted octanol–water partition coefficient (Wildman–Crippen LogP) is 2.74. The van der Waals surface area contributed by atoms with Crippen molar-refractivity contribution < 1.29 is 14.3 Å². The number of hydrogen-bond acceptors (Lipinski definition) is 3. The molecule has 0 spiro atoms. The van der Waals surface area contributed by atoms with Gasteiger partial charge in [0, 0.05) is 13.6 Å². The summed E-state index contributed by atoms with van der Waals surface area (Å²) >= 11 is 0. The number of aromatic carboxylic acids is 1. The van der Waals surface area contributed by atoms with Crippen LogP contribution in [-0.2, 0) is 6.54 Å². The maximum absolute atomic E-state index is 13.1. The van der Waals surface area contributed by atoms with E-state index in [2.05, 4.69) is 0 Å². The van der Waals surface area contributed by atoms with E-state index < -0.39 is 5.97 Å². The maximum atomic E-state index is 13.1. The van der Waals surface area contributed by atoms with Gasteiger partial charge in [-0.05, 0) is 35.9 Å². The van der Waals surface area contributed by atoms with E-state index in [4.69, 9.17) is 10.8 Å². The zero-order valence-corrected chi connectivity index (χ0v) is 11.0. The quantitative estimate of drug-likeness (QED) is 0.841. The lowest BCUT2D eigenvalue weighted by molar-refractivity contribution is 0.0697. The molecule has 0 aliphatic carbocycles. The monoisotopic (exact) mass is 274 g/mol. The summed E-state index contributed by atoms with van der Waals surface area (Å²) in [6, 6.07) is 10.8. The molecule has 0 bridgehead atoms. The minimum Gasteiger partial charge on any atom is -0.478 e. The van der Waals surface area contributed by atoms with Gasteiger partial charge in [0.2, 0.25) is 0 Å². The molecule has 3 N–H and O–H groups in total. The van der Waals surface area contributed by atoms with Crippen molar-refractivity contribution in [3.05, 3.63) is 59.4 Å². The number of nitrogens with two attached hydrogens (primary N) is 1. The highest BCUT2D eigenvalue weighted by Crippen LogP contribution is 2.25. The number of nitrogens with zero attached hydrogens (tertiary/aromatic N) is 1. The Morgan fingerprint density at radius 1 is 1.30 bits per heavy atom. The minimum atomic E-state index is -1.01. The molecule has 0 heterocycles. The van der Waals surface area contributed by atoms with Gasteiger partial charge in [-0.15, -0.1) is 0 Å². The fourth-order valence-corrected chi connectivity index (χ4v) is 2.00. The summed E-state index contributed by atoms with van der Waals surface area (Å²) in [7, 11) is 1.78. The number of benzene rings is 2. The fourth-order valence-electron chi connectivity index (χ4n) is 2.00. The van der Waals surface area contributed by atoms with Gasteiger partial charge >= 0.3 is 5.97 Å². The first-order valence-electron chi connectivity index (χ1n) is 6.06. The number of halogens is 1. The smallest absolute Gasteiger partial charge is 0.335 e. The van der Waals surface area contributed by atoms with Crippen LogP contribution in [0.2, 0.25) is 0 Å². The van der Waals surface area contributed by atoms with Crippen LogP contribution >= 0.6 is 0 Å². The van der Waals surface area contributed by atoms with E-state index >= 15 is 0 Å². The molecule has 5 heteroatoms. The summed E-state index contributed by atoms with van der Waals surface area (Å²) in [6.45, 7) is 0.436. The normalized spacial score (nSPS) is 10.3. The molecule has 0 atom stereocenters. The first kappa shape index (κ1) is 13.9. The van der Waals surface area contributed by atoms with Crippen molar-refractivity contribution in [2.45, 2.75) is 6.54 Å². The van der Waals surface area contributed by atoms with Crippen molar-refractivity contribution >= 4 is 17.3 Å². The van der Waals surface area contributed by atoms with E-state index in [-0.39, 0.29) is 11.4 Å². The Morgan fingerprint density at radius 3 is 2.70 bits per heavy atom. The molecule has 0 aromatic heterocycles. The molecule has 0 aliphatic heterocycles. The lowest BCUT2D eigenvalue weighted by atomic mass is 10.1. The average Bonchev–Trinajstić information content (AvgIpc) is 2.38. The summed E-state index contributed by atoms with van der Waals surface area (Å²) in [4.78, 5) is 12.8. The minimum absolute atomic E-state index is 0.167. The van der Waals surface area contributed by atoms with E-state index in [0.29, 0.717) is 17.9 Å². The summed E-state index contributed by atoms with van der Waals surface area (Å²) in [6.07, 6.45) is 0. The van der Waals surface area contributed by atoms with Crippen molar-refractivity contribution in [3.8, 4) is 0 Å². The maximum Gasteiger partial charge on any atom is 0.335 e. The van der Waals surface area contributed by atoms with Crippen LogP contribution in [0, 0.1) is 5.82 Å². The highest BCUT2D eigenvalue weighted by molar-refractivity contribution is 5.90. The number of rotatable bonds is 4. The van der Waals surface area contributed by atoms with E-state index in [0.717, 1.165) is 5.56 Å². The van der Waals surface area contributed by atoms with Crippen LogP contribution in [0.4, 0.5) is 15.8 Å². The molecular weight excluding hydrogens is 259 g/mol. The second-order valence-corrected chi connectivity index (χ2v) is 4.56. The SMILES string of the molecule is CN(Cc1cccc(F)c1)c1cc(C(=O)O)ccc1N. The van der Waals surface area contributed by atoms with E-state index in [9.17, 15) is 9.18 Å². The van der Waals surface area contributed by atoms with Gasteiger partial charge in [0.15, 0.2) is 0 Å². The largest absolute Gasteiger partial charge is 0.478 e. The standard InChI is InChI=1S/C15H15FN2O2/c1-18(9-10-3-2-4-12(16)7-10)14-8-11(15(19)20)5-6-13(14)17/h2-8H,9,17H2,1H3,(H,19,20). The van der Waals surface area contributed by atoms with Gasteiger partial charge in [-0.25, -0.2) is 9.18 Å². The van der Waals surface area contributed by atoms with E-state index in [1.165, 1.54) is 24.3 Å². The lowest BCUT2D eigenvalue weighted by Gasteiger charge is -2.21. The van der Waals surface area contributed by atoms with Gasteiger partial charge in [-0.3, -0.25) is 0 Å². The van der Waals surface area contributed by atoms with Gasteiger partial charge < -0.3 is 15.7 Å². The summed E-state index contributed by atoms with van der Waals surface area (Å²) in [5.74, 6) is -1.31. The average molecular weight is 274 g/mol. The molecular formula is C15H15FN2O2. The zero-order valence-electron chi connectivity index (χ0n) is 11.0. The van der Waals surface area contributed by atoms with Crippen LogP contribution in [0.5, 0.6) is 0 Å². The van der Waals surface area contributed by atoms with Crippen LogP contribution < -0.4 is 10.6 Å². The third kappa shape index (κ3) is 3.06. The van der Waals surface area contributed by atoms with Crippen LogP contribution in [0.15, 0.2) is 42.5 Å². The molecule has 2 aromatic rings. The highest BCUT2D eigenvalue weighted by Gasteiger charge is 2.11. The molecule has 0 fully saturated rings. The van der Waals surface area contributed by atoms with Crippen molar-refractivity contribution in [2.24, 2.45) is 0 Å². The van der Waals surface area contributed by atoms with Gasteiger partial charge in [0.25, 0.3) is 0 Å². The Hall–Kier alpha value is -2.56. The Morgan fingerprint density at radius 2 is 2.05 bits per heavy atom.